The molecule has 2 aromatic heterocycles. The van der Waals surface area contributed by atoms with Gasteiger partial charge in [-0.3, -0.25) is 42.1 Å². The van der Waals surface area contributed by atoms with Gasteiger partial charge in [0.2, 0.25) is 11.8 Å². The Hall–Kier alpha value is -3.30. The van der Waals surface area contributed by atoms with Crippen molar-refractivity contribution in [3.63, 3.8) is 0 Å². The molecule has 1 saturated heterocycles. The number of carbonyl (C=O) groups is 5. The van der Waals surface area contributed by atoms with Gasteiger partial charge in [0.1, 0.15) is 42.0 Å². The number of phosphoric acid groups is 3. The van der Waals surface area contributed by atoms with Crippen LogP contribution in [0.3, 0.4) is 0 Å². The van der Waals surface area contributed by atoms with Gasteiger partial charge in [0, 0.05) is 49.9 Å². The van der Waals surface area contributed by atoms with Crippen molar-refractivity contribution in [3.05, 3.63) is 12.7 Å². The molecule has 1 fully saturated rings. The Labute approximate surface area is 357 Å². The molecule has 0 spiro atoms. The Balaban J connectivity index is 1.39. The van der Waals surface area contributed by atoms with E-state index in [0.29, 0.717) is 19.3 Å². The first-order valence-electron chi connectivity index (χ1n) is 18.6. The van der Waals surface area contributed by atoms with E-state index in [4.69, 9.17) is 24.6 Å². The number of nitrogens with one attached hydrogen (secondary N) is 2. The number of amides is 2. The van der Waals surface area contributed by atoms with Gasteiger partial charge in [-0.15, -0.1) is 0 Å². The van der Waals surface area contributed by atoms with E-state index < -0.39 is 90.5 Å². The number of phosphoric ester groups is 3. The highest BCUT2D eigenvalue weighted by atomic mass is 32.2. The average molecular weight is 966 g/mol. The maximum absolute atomic E-state index is 12.7. The summed E-state index contributed by atoms with van der Waals surface area (Å²) in [5.74, 6) is -2.44. The Kier molecular flexibility index (Phi) is 20.2. The summed E-state index contributed by atoms with van der Waals surface area (Å²) < 4.78 is 62.1. The van der Waals surface area contributed by atoms with Crippen LogP contribution in [-0.2, 0) is 60.3 Å². The van der Waals surface area contributed by atoms with Crippen LogP contribution in [0.2, 0.25) is 0 Å². The molecule has 2 amide bonds. The van der Waals surface area contributed by atoms with E-state index in [9.17, 15) is 67.5 Å². The first-order valence-corrected chi connectivity index (χ1v) is 24.1. The van der Waals surface area contributed by atoms with Crippen LogP contribution in [-0.4, -0.2) is 140 Å². The third-order valence-electron chi connectivity index (χ3n) is 8.72. The Morgan fingerprint density at radius 1 is 0.935 bits per heavy atom. The number of nitrogens with zero attached hydrogens (tertiary/aromatic N) is 4. The molecule has 0 aromatic carbocycles. The SMILES string of the molecule is CC(C)(COP(=O)(O)OP(=O)(O)OCC1OC(n2cnc3c(N)ncnc32)C(O)C1OP(=O)(O)O)C(O)C(=O)NCCC(=O)NCCSC(=O)CCCCCC(=O)CCC(=O)O. The van der Waals surface area contributed by atoms with Crippen molar-refractivity contribution in [2.45, 2.75) is 95.9 Å². The molecular formula is C31H50N7O20P3S. The number of rotatable bonds is 28. The number of carbonyl (C=O) groups excluding carboxylic acids is 4. The predicted molar refractivity (Wildman–Crippen MR) is 212 cm³/mol. The minimum Gasteiger partial charge on any atom is -0.481 e. The fraction of sp³-hybridized carbons (Fsp3) is 0.677. The molecule has 3 rings (SSSR count). The summed E-state index contributed by atoms with van der Waals surface area (Å²) in [5, 5.41) is 34.9. The highest BCUT2D eigenvalue weighted by Crippen LogP contribution is 2.61. The van der Waals surface area contributed by atoms with Crippen molar-refractivity contribution in [2.24, 2.45) is 5.41 Å². The van der Waals surface area contributed by atoms with Crippen LogP contribution >= 0.6 is 35.2 Å². The number of hydrogen-bond acceptors (Lipinski definition) is 20. The van der Waals surface area contributed by atoms with E-state index in [1.165, 1.54) is 13.8 Å². The first kappa shape index (κ1) is 53.0. The fourth-order valence-electron chi connectivity index (χ4n) is 5.51. The third-order valence-corrected chi connectivity index (χ3v) is 12.8. The lowest BCUT2D eigenvalue weighted by Gasteiger charge is -2.30. The lowest BCUT2D eigenvalue weighted by Crippen LogP contribution is -2.46. The van der Waals surface area contributed by atoms with Crippen LogP contribution in [0.15, 0.2) is 12.7 Å². The second kappa shape index (κ2) is 23.6. The Morgan fingerprint density at radius 2 is 1.61 bits per heavy atom. The summed E-state index contributed by atoms with van der Waals surface area (Å²) in [6.07, 6.45) is -5.03. The topological polar surface area (TPSA) is 418 Å². The normalized spacial score (nSPS) is 20.6. The van der Waals surface area contributed by atoms with Gasteiger partial charge >= 0.3 is 29.4 Å². The second-order valence-electron chi connectivity index (χ2n) is 14.3. The van der Waals surface area contributed by atoms with Crippen molar-refractivity contribution in [1.29, 1.82) is 0 Å². The molecular weight excluding hydrogens is 915 g/mol. The van der Waals surface area contributed by atoms with Crippen LogP contribution in [0.25, 0.3) is 11.2 Å². The molecule has 3 heterocycles. The molecule has 0 radical (unpaired) electrons. The summed E-state index contributed by atoms with van der Waals surface area (Å²) in [7, 11) is -16.5. The number of nitrogens with two attached hydrogens (primary N) is 1. The molecule has 31 heteroatoms. The van der Waals surface area contributed by atoms with E-state index in [1.807, 2.05) is 0 Å². The molecule has 7 unspecified atom stereocenters. The number of aliphatic hydroxyl groups is 2. The number of nitrogen functional groups attached to an aromatic ring is 1. The summed E-state index contributed by atoms with van der Waals surface area (Å²) in [6.45, 7) is 0.307. The Morgan fingerprint density at radius 3 is 2.29 bits per heavy atom. The summed E-state index contributed by atoms with van der Waals surface area (Å²) in [4.78, 5) is 110. The number of hydrogen-bond donors (Lipinski definition) is 10. The van der Waals surface area contributed by atoms with Gasteiger partial charge < -0.3 is 56.0 Å². The number of ether oxygens (including phenoxy) is 1. The number of ketones is 1. The number of Topliss-reactive ketones (excluding diaryl/α,β-unsaturated/α-hetero) is 1. The van der Waals surface area contributed by atoms with E-state index >= 15 is 0 Å². The molecule has 7 atom stereocenters. The minimum absolute atomic E-state index is 0.0177. The largest absolute Gasteiger partial charge is 0.481 e. The zero-order valence-electron chi connectivity index (χ0n) is 33.3. The number of thioether (sulfide) groups is 1. The number of unbranched alkanes of at least 4 members (excludes halogenated alkanes) is 2. The number of anilines is 1. The Bertz CT molecular complexity index is 2040. The number of aliphatic hydroxyl groups excluding tert-OH is 2. The third kappa shape index (κ3) is 17.7. The second-order valence-corrected chi connectivity index (χ2v) is 19.7. The van der Waals surface area contributed by atoms with Gasteiger partial charge in [0.05, 0.1) is 26.0 Å². The number of aromatic nitrogens is 4. The average Bonchev–Trinajstić information content (AvgIpc) is 3.73. The smallest absolute Gasteiger partial charge is 0.481 e. The molecule has 11 N–H and O–H groups in total. The van der Waals surface area contributed by atoms with Crippen molar-refractivity contribution in [1.82, 2.24) is 30.2 Å². The number of carboxylic acid groups (broad SMARTS) is 1. The number of aliphatic carboxylic acids is 1. The van der Waals surface area contributed by atoms with Gasteiger partial charge in [-0.2, -0.15) is 4.31 Å². The van der Waals surface area contributed by atoms with E-state index in [0.717, 1.165) is 29.0 Å². The minimum atomic E-state index is -5.59. The van der Waals surface area contributed by atoms with Gasteiger partial charge in [-0.25, -0.2) is 28.6 Å². The molecule has 0 saturated carbocycles. The molecule has 27 nitrogen and oxygen atoms in total. The van der Waals surface area contributed by atoms with Crippen LogP contribution in [0.5, 0.6) is 0 Å². The maximum atomic E-state index is 12.7. The molecule has 0 bridgehead atoms. The van der Waals surface area contributed by atoms with Crippen LogP contribution in [0.1, 0.15) is 71.4 Å². The van der Waals surface area contributed by atoms with Crippen LogP contribution < -0.4 is 16.4 Å². The van der Waals surface area contributed by atoms with Gasteiger partial charge in [0.15, 0.2) is 22.8 Å². The standard InChI is InChI=1S/C31H50N7O20P3S/c1-31(2,26(45)29(46)34-11-10-20(40)33-12-13-62-22(43)7-5-3-4-6-18(39)8-9-21(41)42)15-55-61(52,53)58-60(50,51)54-14-19-25(57-59(47,48)49)24(44)30(56-19)38-17-37-23-27(32)35-16-36-28(23)38/h16-17,19,24-26,30,44-45H,3-15H2,1-2H3,(H,33,40)(H,34,46)(H,41,42)(H,50,51)(H,52,53)(H2,32,35,36)(H2,47,48,49). The van der Waals surface area contributed by atoms with Gasteiger partial charge in [0.25, 0.3) is 0 Å². The fourth-order valence-corrected chi connectivity index (χ4v) is 9.06. The number of imidazole rings is 1. The van der Waals surface area contributed by atoms with Crippen molar-refractivity contribution in [3.8, 4) is 0 Å². The van der Waals surface area contributed by atoms with Crippen LogP contribution in [0, 0.1) is 5.41 Å². The highest BCUT2D eigenvalue weighted by Gasteiger charge is 2.50. The van der Waals surface area contributed by atoms with E-state index in [2.05, 4.69) is 34.4 Å². The van der Waals surface area contributed by atoms with E-state index in [1.54, 1.807) is 0 Å². The number of carboxylic acids is 1. The molecule has 0 aliphatic carbocycles. The predicted octanol–water partition coefficient (Wildman–Crippen LogP) is 0.0491. The lowest BCUT2D eigenvalue weighted by atomic mass is 9.87. The van der Waals surface area contributed by atoms with E-state index in [-0.39, 0.29) is 78.8 Å². The van der Waals surface area contributed by atoms with Gasteiger partial charge in [-0.05, 0) is 12.8 Å². The molecule has 1 aliphatic rings. The van der Waals surface area contributed by atoms with Crippen LogP contribution in [0.4, 0.5) is 5.82 Å². The monoisotopic (exact) mass is 965 g/mol. The molecule has 350 valence electrons. The van der Waals surface area contributed by atoms with Crippen molar-refractivity contribution in [2.75, 3.05) is 37.8 Å². The van der Waals surface area contributed by atoms with Crippen molar-refractivity contribution < 1.29 is 95.2 Å². The molecule has 62 heavy (non-hydrogen) atoms. The van der Waals surface area contributed by atoms with Crippen molar-refractivity contribution >= 4 is 80.9 Å². The highest BCUT2D eigenvalue weighted by molar-refractivity contribution is 8.13. The lowest BCUT2D eigenvalue weighted by molar-refractivity contribution is -0.138. The maximum Gasteiger partial charge on any atom is 0.481 e. The van der Waals surface area contributed by atoms with Gasteiger partial charge in [-0.1, -0.05) is 32.0 Å². The zero-order valence-corrected chi connectivity index (χ0v) is 36.8. The summed E-state index contributed by atoms with van der Waals surface area (Å²) in [5.41, 5.74) is 4.21. The molecule has 2 aromatic rings. The number of fused-ring (bicyclic) bond motifs is 1. The molecule has 1 aliphatic heterocycles. The quantitative estimate of drug-likeness (QED) is 0.0398. The first-order chi connectivity index (χ1) is 28.8. The summed E-state index contributed by atoms with van der Waals surface area (Å²) >= 11 is 1.01. The summed E-state index contributed by atoms with van der Waals surface area (Å²) in [6, 6.07) is 0. The zero-order chi connectivity index (χ0) is 46.5.